The SMILES string of the molecule is CC(CN(C)C(=O)c1ccon1)C(=O)O. The van der Waals surface area contributed by atoms with Crippen LogP contribution in [0.3, 0.4) is 0 Å². The first kappa shape index (κ1) is 11.2. The highest BCUT2D eigenvalue weighted by molar-refractivity contribution is 5.92. The molecule has 1 N–H and O–H groups in total. The zero-order valence-corrected chi connectivity index (χ0v) is 8.51. The van der Waals surface area contributed by atoms with Crippen molar-refractivity contribution in [2.45, 2.75) is 6.92 Å². The number of amides is 1. The lowest BCUT2D eigenvalue weighted by molar-refractivity contribution is -0.141. The molecule has 0 bridgehead atoms. The molecule has 6 nitrogen and oxygen atoms in total. The second-order valence-electron chi connectivity index (χ2n) is 3.31. The van der Waals surface area contributed by atoms with E-state index < -0.39 is 11.9 Å². The number of carbonyl (C=O) groups is 2. The molecule has 0 fully saturated rings. The van der Waals surface area contributed by atoms with Gasteiger partial charge in [-0.3, -0.25) is 9.59 Å². The third-order valence-electron chi connectivity index (χ3n) is 1.97. The summed E-state index contributed by atoms with van der Waals surface area (Å²) in [5.74, 6) is -1.89. The fourth-order valence-electron chi connectivity index (χ4n) is 1.09. The molecule has 15 heavy (non-hydrogen) atoms. The van der Waals surface area contributed by atoms with Crippen LogP contribution in [0.1, 0.15) is 17.4 Å². The molecule has 1 unspecified atom stereocenters. The predicted octanol–water partition coefficient (Wildman–Crippen LogP) is 0.467. The van der Waals surface area contributed by atoms with Gasteiger partial charge in [-0.2, -0.15) is 0 Å². The first-order chi connectivity index (χ1) is 7.02. The van der Waals surface area contributed by atoms with E-state index in [1.807, 2.05) is 0 Å². The monoisotopic (exact) mass is 212 g/mol. The zero-order valence-electron chi connectivity index (χ0n) is 8.51. The minimum absolute atomic E-state index is 0.140. The van der Waals surface area contributed by atoms with Crippen LogP contribution >= 0.6 is 0 Å². The summed E-state index contributed by atoms with van der Waals surface area (Å²) in [6.45, 7) is 1.68. The molecular weight excluding hydrogens is 200 g/mol. The summed E-state index contributed by atoms with van der Waals surface area (Å²) in [6.07, 6.45) is 1.29. The van der Waals surface area contributed by atoms with Gasteiger partial charge in [0.1, 0.15) is 6.26 Å². The second-order valence-corrected chi connectivity index (χ2v) is 3.31. The lowest BCUT2D eigenvalue weighted by Crippen LogP contribution is -2.33. The third-order valence-corrected chi connectivity index (χ3v) is 1.97. The molecule has 0 saturated carbocycles. The van der Waals surface area contributed by atoms with Crippen LogP contribution in [0.25, 0.3) is 0 Å². The largest absolute Gasteiger partial charge is 0.481 e. The average Bonchev–Trinajstić information content (AvgIpc) is 2.68. The van der Waals surface area contributed by atoms with Crippen molar-refractivity contribution in [3.63, 3.8) is 0 Å². The van der Waals surface area contributed by atoms with Crippen molar-refractivity contribution < 1.29 is 19.2 Å². The maximum atomic E-state index is 11.6. The van der Waals surface area contributed by atoms with Crippen molar-refractivity contribution >= 4 is 11.9 Å². The van der Waals surface area contributed by atoms with Gasteiger partial charge in [0, 0.05) is 19.7 Å². The molecule has 1 heterocycles. The minimum Gasteiger partial charge on any atom is -0.481 e. The van der Waals surface area contributed by atoms with E-state index in [2.05, 4.69) is 9.68 Å². The van der Waals surface area contributed by atoms with Gasteiger partial charge in [-0.15, -0.1) is 0 Å². The first-order valence-corrected chi connectivity index (χ1v) is 4.41. The van der Waals surface area contributed by atoms with E-state index in [9.17, 15) is 9.59 Å². The molecule has 6 heteroatoms. The first-order valence-electron chi connectivity index (χ1n) is 4.41. The summed E-state index contributed by atoms with van der Waals surface area (Å²) in [5, 5.41) is 12.1. The van der Waals surface area contributed by atoms with Crippen molar-refractivity contribution in [2.75, 3.05) is 13.6 Å². The van der Waals surface area contributed by atoms with Gasteiger partial charge in [0.2, 0.25) is 0 Å². The summed E-state index contributed by atoms with van der Waals surface area (Å²) in [6, 6.07) is 1.43. The van der Waals surface area contributed by atoms with Crippen molar-refractivity contribution in [1.82, 2.24) is 10.1 Å². The maximum Gasteiger partial charge on any atom is 0.308 e. The fourth-order valence-corrected chi connectivity index (χ4v) is 1.09. The summed E-state index contributed by atoms with van der Waals surface area (Å²) < 4.78 is 4.52. The van der Waals surface area contributed by atoms with Gasteiger partial charge in [0.05, 0.1) is 5.92 Å². The Hall–Kier alpha value is -1.85. The van der Waals surface area contributed by atoms with Crippen molar-refractivity contribution in [1.29, 1.82) is 0 Å². The molecule has 82 valence electrons. The average molecular weight is 212 g/mol. The highest BCUT2D eigenvalue weighted by Gasteiger charge is 2.19. The standard InChI is InChI=1S/C9H12N2O4/c1-6(9(13)14)5-11(2)8(12)7-3-4-15-10-7/h3-4,6H,5H2,1-2H3,(H,13,14). The predicted molar refractivity (Wildman–Crippen MR) is 50.3 cm³/mol. The molecule has 1 aromatic heterocycles. The molecular formula is C9H12N2O4. The van der Waals surface area contributed by atoms with Crippen molar-refractivity contribution in [2.24, 2.45) is 5.92 Å². The van der Waals surface area contributed by atoms with E-state index in [4.69, 9.17) is 5.11 Å². The Balaban J connectivity index is 2.58. The summed E-state index contributed by atoms with van der Waals surface area (Å²) in [4.78, 5) is 23.4. The van der Waals surface area contributed by atoms with Crippen LogP contribution in [0.5, 0.6) is 0 Å². The van der Waals surface area contributed by atoms with Crippen LogP contribution in [0.4, 0.5) is 0 Å². The Labute approximate surface area is 86.5 Å². The molecule has 1 atom stereocenters. The Morgan fingerprint density at radius 3 is 2.80 bits per heavy atom. The lowest BCUT2D eigenvalue weighted by Gasteiger charge is -2.17. The summed E-state index contributed by atoms with van der Waals surface area (Å²) in [5.41, 5.74) is 0.176. The fraction of sp³-hybridized carbons (Fsp3) is 0.444. The Morgan fingerprint density at radius 2 is 2.33 bits per heavy atom. The molecule has 1 rings (SSSR count). The normalized spacial score (nSPS) is 12.1. The Morgan fingerprint density at radius 1 is 1.67 bits per heavy atom. The molecule has 1 amide bonds. The Bertz CT molecular complexity index is 347. The van der Waals surface area contributed by atoms with E-state index in [0.717, 1.165) is 0 Å². The summed E-state index contributed by atoms with van der Waals surface area (Å²) in [7, 11) is 1.52. The molecule has 0 radical (unpaired) electrons. The van der Waals surface area contributed by atoms with Crippen LogP contribution in [-0.2, 0) is 4.79 Å². The second kappa shape index (κ2) is 4.59. The molecule has 0 aliphatic heterocycles. The number of aliphatic carboxylic acids is 1. The van der Waals surface area contributed by atoms with Crippen LogP contribution in [0.15, 0.2) is 16.9 Å². The quantitative estimate of drug-likeness (QED) is 0.784. The molecule has 0 saturated heterocycles. The molecule has 1 aromatic rings. The van der Waals surface area contributed by atoms with Crippen molar-refractivity contribution in [3.05, 3.63) is 18.0 Å². The highest BCUT2D eigenvalue weighted by Crippen LogP contribution is 2.04. The van der Waals surface area contributed by atoms with E-state index in [1.165, 1.54) is 31.2 Å². The minimum atomic E-state index is -0.935. The number of hydrogen-bond donors (Lipinski definition) is 1. The van der Waals surface area contributed by atoms with Crippen LogP contribution in [-0.4, -0.2) is 40.6 Å². The van der Waals surface area contributed by atoms with Crippen LogP contribution < -0.4 is 0 Å². The van der Waals surface area contributed by atoms with E-state index in [-0.39, 0.29) is 18.1 Å². The van der Waals surface area contributed by atoms with E-state index in [0.29, 0.717) is 0 Å². The number of nitrogens with zero attached hydrogens (tertiary/aromatic N) is 2. The third kappa shape index (κ3) is 2.80. The summed E-state index contributed by atoms with van der Waals surface area (Å²) >= 11 is 0. The molecule has 0 aliphatic carbocycles. The smallest absolute Gasteiger partial charge is 0.308 e. The Kier molecular flexibility index (Phi) is 3.43. The van der Waals surface area contributed by atoms with Gasteiger partial charge < -0.3 is 14.5 Å². The number of hydrogen-bond acceptors (Lipinski definition) is 4. The maximum absolute atomic E-state index is 11.6. The van der Waals surface area contributed by atoms with Gasteiger partial charge in [-0.1, -0.05) is 12.1 Å². The number of aromatic nitrogens is 1. The van der Waals surface area contributed by atoms with Crippen LogP contribution in [0.2, 0.25) is 0 Å². The highest BCUT2D eigenvalue weighted by atomic mass is 16.5. The van der Waals surface area contributed by atoms with E-state index in [1.54, 1.807) is 0 Å². The number of carboxylic acid groups (broad SMARTS) is 1. The van der Waals surface area contributed by atoms with E-state index >= 15 is 0 Å². The topological polar surface area (TPSA) is 83.6 Å². The molecule has 0 aromatic carbocycles. The van der Waals surface area contributed by atoms with Gasteiger partial charge >= 0.3 is 5.97 Å². The van der Waals surface area contributed by atoms with Gasteiger partial charge in [-0.25, -0.2) is 0 Å². The molecule has 0 spiro atoms. The number of carbonyl (C=O) groups excluding carboxylic acids is 1. The lowest BCUT2D eigenvalue weighted by atomic mass is 10.2. The van der Waals surface area contributed by atoms with Gasteiger partial charge in [0.15, 0.2) is 5.69 Å². The molecule has 0 aliphatic rings. The van der Waals surface area contributed by atoms with Crippen molar-refractivity contribution in [3.8, 4) is 0 Å². The number of carboxylic acids is 1. The number of rotatable bonds is 4. The zero-order chi connectivity index (χ0) is 11.4. The van der Waals surface area contributed by atoms with Gasteiger partial charge in [0.25, 0.3) is 5.91 Å². The van der Waals surface area contributed by atoms with Crippen LogP contribution in [0, 0.1) is 5.92 Å². The van der Waals surface area contributed by atoms with Gasteiger partial charge in [-0.05, 0) is 0 Å².